The molecule has 1 N–H and O–H groups in total. The lowest BCUT2D eigenvalue weighted by molar-refractivity contribution is -0.120. The highest BCUT2D eigenvalue weighted by Crippen LogP contribution is 2.32. The average Bonchev–Trinajstić information content (AvgIpc) is 2.27. The normalized spacial score (nSPS) is 35.9. The van der Waals surface area contributed by atoms with Crippen LogP contribution in [-0.2, 0) is 4.74 Å². The first kappa shape index (κ1) is 12.7. The maximum Gasteiger partial charge on any atom is 0.0664 e. The van der Waals surface area contributed by atoms with Crippen molar-refractivity contribution in [3.63, 3.8) is 0 Å². The highest BCUT2D eigenvalue weighted by Gasteiger charge is 2.33. The van der Waals surface area contributed by atoms with Gasteiger partial charge in [-0.05, 0) is 18.8 Å². The highest BCUT2D eigenvalue weighted by atomic mass is 16.5. The first-order valence-electron chi connectivity index (χ1n) is 5.99. The fraction of sp³-hybridized carbons (Fsp3) is 0.846. The third kappa shape index (κ3) is 3.05. The first-order chi connectivity index (χ1) is 7.10. The van der Waals surface area contributed by atoms with Crippen molar-refractivity contribution < 1.29 is 9.84 Å². The Labute approximate surface area is 93.3 Å². The highest BCUT2D eigenvalue weighted by molar-refractivity contribution is 4.89. The Balaban J connectivity index is 2.59. The summed E-state index contributed by atoms with van der Waals surface area (Å²) in [6, 6.07) is 0. The molecule has 1 heterocycles. The van der Waals surface area contributed by atoms with Crippen molar-refractivity contribution >= 4 is 0 Å². The summed E-state index contributed by atoms with van der Waals surface area (Å²) in [5.74, 6) is 1.24. The van der Waals surface area contributed by atoms with Crippen molar-refractivity contribution in [1.29, 1.82) is 0 Å². The van der Waals surface area contributed by atoms with E-state index >= 15 is 0 Å². The SMILES string of the molecule is C=C[C@@H](C)[C@H]1O[C@H]([C@H](C)CO)CC[C@@H]1C. The van der Waals surface area contributed by atoms with Crippen molar-refractivity contribution in [2.24, 2.45) is 17.8 Å². The van der Waals surface area contributed by atoms with E-state index in [-0.39, 0.29) is 24.7 Å². The van der Waals surface area contributed by atoms with Gasteiger partial charge >= 0.3 is 0 Å². The molecule has 1 rings (SSSR count). The van der Waals surface area contributed by atoms with Gasteiger partial charge in [-0.2, -0.15) is 0 Å². The Hall–Kier alpha value is -0.340. The predicted octanol–water partition coefficient (Wildman–Crippen LogP) is 2.62. The summed E-state index contributed by atoms with van der Waals surface area (Å²) in [7, 11) is 0. The molecule has 1 fully saturated rings. The maximum atomic E-state index is 9.13. The van der Waals surface area contributed by atoms with Gasteiger partial charge in [0.1, 0.15) is 0 Å². The lowest BCUT2D eigenvalue weighted by Gasteiger charge is -2.39. The van der Waals surface area contributed by atoms with E-state index in [0.29, 0.717) is 11.8 Å². The van der Waals surface area contributed by atoms with E-state index in [0.717, 1.165) is 6.42 Å². The van der Waals surface area contributed by atoms with E-state index in [4.69, 9.17) is 9.84 Å². The van der Waals surface area contributed by atoms with Gasteiger partial charge in [0.2, 0.25) is 0 Å². The van der Waals surface area contributed by atoms with Gasteiger partial charge < -0.3 is 9.84 Å². The molecule has 0 aliphatic carbocycles. The smallest absolute Gasteiger partial charge is 0.0664 e. The standard InChI is InChI=1S/C13H24O2/c1-5-9(2)13-10(3)6-7-12(15-13)11(4)8-14/h5,9-14H,1,6-8H2,2-4H3/t9-,10+,11-,12+,13-/m1/s1. The molecule has 0 aromatic carbocycles. The quantitative estimate of drug-likeness (QED) is 0.726. The minimum absolute atomic E-state index is 0.217. The molecule has 15 heavy (non-hydrogen) atoms. The van der Waals surface area contributed by atoms with E-state index in [1.54, 1.807) is 0 Å². The predicted molar refractivity (Wildman–Crippen MR) is 62.7 cm³/mol. The zero-order valence-electron chi connectivity index (χ0n) is 10.1. The number of rotatable bonds is 4. The van der Waals surface area contributed by atoms with Gasteiger partial charge in [0.05, 0.1) is 12.2 Å². The molecule has 0 aromatic heterocycles. The van der Waals surface area contributed by atoms with Gasteiger partial charge in [0, 0.05) is 18.4 Å². The molecule has 0 bridgehead atoms. The molecule has 2 nitrogen and oxygen atoms in total. The van der Waals surface area contributed by atoms with Crippen molar-refractivity contribution in [2.75, 3.05) is 6.61 Å². The van der Waals surface area contributed by atoms with Crippen LogP contribution in [0.4, 0.5) is 0 Å². The monoisotopic (exact) mass is 212 g/mol. The minimum atomic E-state index is 0.217. The van der Waals surface area contributed by atoms with Crippen LogP contribution in [0.15, 0.2) is 12.7 Å². The first-order valence-corrected chi connectivity index (χ1v) is 5.99. The molecule has 1 aliphatic rings. The van der Waals surface area contributed by atoms with E-state index in [9.17, 15) is 0 Å². The molecular formula is C13H24O2. The van der Waals surface area contributed by atoms with Crippen LogP contribution in [0, 0.1) is 17.8 Å². The molecular weight excluding hydrogens is 188 g/mol. The molecule has 0 saturated carbocycles. The second kappa shape index (κ2) is 5.66. The van der Waals surface area contributed by atoms with Crippen molar-refractivity contribution in [1.82, 2.24) is 0 Å². The fourth-order valence-electron chi connectivity index (χ4n) is 2.31. The maximum absolute atomic E-state index is 9.13. The molecule has 0 radical (unpaired) electrons. The zero-order chi connectivity index (χ0) is 11.4. The molecule has 0 spiro atoms. The Morgan fingerprint density at radius 2 is 2.13 bits per heavy atom. The molecule has 5 atom stereocenters. The van der Waals surface area contributed by atoms with E-state index in [2.05, 4.69) is 27.4 Å². The zero-order valence-corrected chi connectivity index (χ0v) is 10.1. The number of aliphatic hydroxyl groups is 1. The molecule has 88 valence electrons. The van der Waals surface area contributed by atoms with E-state index in [1.807, 2.05) is 6.08 Å². The number of aliphatic hydroxyl groups excluding tert-OH is 1. The van der Waals surface area contributed by atoms with Gasteiger partial charge in [-0.3, -0.25) is 0 Å². The topological polar surface area (TPSA) is 29.5 Å². The molecule has 1 aliphatic heterocycles. The summed E-state index contributed by atoms with van der Waals surface area (Å²) in [6.45, 7) is 10.5. The Morgan fingerprint density at radius 3 is 2.67 bits per heavy atom. The van der Waals surface area contributed by atoms with Crippen LogP contribution in [0.25, 0.3) is 0 Å². The molecule has 0 unspecified atom stereocenters. The molecule has 1 saturated heterocycles. The lowest BCUT2D eigenvalue weighted by Crippen LogP contribution is -2.41. The van der Waals surface area contributed by atoms with Gasteiger partial charge in [-0.1, -0.05) is 26.8 Å². The Bertz CT molecular complexity index is 203. The number of hydrogen-bond donors (Lipinski definition) is 1. The molecule has 0 aromatic rings. The third-order valence-electron chi connectivity index (χ3n) is 3.61. The van der Waals surface area contributed by atoms with Crippen molar-refractivity contribution in [2.45, 2.75) is 45.8 Å². The second-order valence-electron chi connectivity index (χ2n) is 4.95. The number of ether oxygens (including phenoxy) is 1. The van der Waals surface area contributed by atoms with Crippen LogP contribution >= 0.6 is 0 Å². The molecule has 0 amide bonds. The second-order valence-corrected chi connectivity index (χ2v) is 4.95. The van der Waals surface area contributed by atoms with Crippen LogP contribution < -0.4 is 0 Å². The van der Waals surface area contributed by atoms with Crippen molar-refractivity contribution in [3.8, 4) is 0 Å². The van der Waals surface area contributed by atoms with Gasteiger partial charge in [-0.15, -0.1) is 6.58 Å². The van der Waals surface area contributed by atoms with Gasteiger partial charge in [0.25, 0.3) is 0 Å². The fourth-order valence-corrected chi connectivity index (χ4v) is 2.31. The lowest BCUT2D eigenvalue weighted by atomic mass is 9.84. The van der Waals surface area contributed by atoms with Crippen LogP contribution in [0.3, 0.4) is 0 Å². The average molecular weight is 212 g/mol. The van der Waals surface area contributed by atoms with Crippen LogP contribution in [0.5, 0.6) is 0 Å². The van der Waals surface area contributed by atoms with Gasteiger partial charge in [0.15, 0.2) is 0 Å². The third-order valence-corrected chi connectivity index (χ3v) is 3.61. The van der Waals surface area contributed by atoms with E-state index < -0.39 is 0 Å². The van der Waals surface area contributed by atoms with Crippen LogP contribution in [0.1, 0.15) is 33.6 Å². The van der Waals surface area contributed by atoms with Crippen molar-refractivity contribution in [3.05, 3.63) is 12.7 Å². The number of hydrogen-bond acceptors (Lipinski definition) is 2. The minimum Gasteiger partial charge on any atom is -0.396 e. The van der Waals surface area contributed by atoms with E-state index in [1.165, 1.54) is 6.42 Å². The summed E-state index contributed by atoms with van der Waals surface area (Å²) in [6.07, 6.45) is 4.72. The Morgan fingerprint density at radius 1 is 1.47 bits per heavy atom. The van der Waals surface area contributed by atoms with Crippen LogP contribution in [-0.4, -0.2) is 23.9 Å². The summed E-state index contributed by atoms with van der Waals surface area (Å²) in [5, 5.41) is 9.13. The van der Waals surface area contributed by atoms with Crippen LogP contribution in [0.2, 0.25) is 0 Å². The largest absolute Gasteiger partial charge is 0.396 e. The molecule has 2 heteroatoms. The van der Waals surface area contributed by atoms with Gasteiger partial charge in [-0.25, -0.2) is 0 Å². The summed E-state index contributed by atoms with van der Waals surface area (Å²) < 4.78 is 6.07. The Kier molecular flexibility index (Phi) is 4.81. The summed E-state index contributed by atoms with van der Waals surface area (Å²) in [4.78, 5) is 0. The summed E-state index contributed by atoms with van der Waals surface area (Å²) >= 11 is 0. The summed E-state index contributed by atoms with van der Waals surface area (Å²) in [5.41, 5.74) is 0.